The Bertz CT molecular complexity index is 449. The van der Waals surface area contributed by atoms with Gasteiger partial charge in [0.25, 0.3) is 5.91 Å². The molecule has 3 nitrogen and oxygen atoms in total. The summed E-state index contributed by atoms with van der Waals surface area (Å²) in [6.45, 7) is 8.01. The molecule has 2 atom stereocenters. The molecule has 1 aromatic rings. The van der Waals surface area contributed by atoms with Crippen molar-refractivity contribution in [3.05, 3.63) is 29.8 Å². The highest BCUT2D eigenvalue weighted by Crippen LogP contribution is 2.22. The van der Waals surface area contributed by atoms with E-state index < -0.39 is 6.10 Å². The molecule has 116 valence electrons. The predicted octanol–water partition coefficient (Wildman–Crippen LogP) is 3.98. The fourth-order valence-electron chi connectivity index (χ4n) is 2.74. The Labute approximate surface area is 128 Å². The first-order valence-electron chi connectivity index (χ1n) is 8.17. The van der Waals surface area contributed by atoms with Gasteiger partial charge in [0.1, 0.15) is 5.75 Å². The molecule has 0 bridgehead atoms. The predicted molar refractivity (Wildman–Crippen MR) is 85.7 cm³/mol. The van der Waals surface area contributed by atoms with Crippen LogP contribution in [0.1, 0.15) is 57.9 Å². The van der Waals surface area contributed by atoms with Crippen LogP contribution in [0.2, 0.25) is 0 Å². The Hall–Kier alpha value is -1.51. The van der Waals surface area contributed by atoms with Crippen LogP contribution in [0.3, 0.4) is 0 Å². The molecule has 2 unspecified atom stereocenters. The van der Waals surface area contributed by atoms with E-state index in [1.807, 2.05) is 24.0 Å². The Morgan fingerprint density at radius 2 is 1.76 bits per heavy atom. The van der Waals surface area contributed by atoms with Gasteiger partial charge >= 0.3 is 0 Å². The van der Waals surface area contributed by atoms with Gasteiger partial charge in [0.05, 0.1) is 0 Å². The molecule has 0 aliphatic carbocycles. The molecule has 0 aromatic heterocycles. The van der Waals surface area contributed by atoms with Gasteiger partial charge in [-0.05, 0) is 56.2 Å². The summed E-state index contributed by atoms with van der Waals surface area (Å²) in [5.41, 5.74) is 1.32. The van der Waals surface area contributed by atoms with E-state index in [0.29, 0.717) is 5.92 Å². The average Bonchev–Trinajstić information content (AvgIpc) is 2.55. The number of piperidine rings is 1. The van der Waals surface area contributed by atoms with Gasteiger partial charge in [-0.3, -0.25) is 4.79 Å². The SMILES string of the molecule is CCC(C)c1ccc(OC(C)C(=O)N2CCCCC2)cc1. The summed E-state index contributed by atoms with van der Waals surface area (Å²) in [6, 6.07) is 8.14. The smallest absolute Gasteiger partial charge is 0.263 e. The van der Waals surface area contributed by atoms with Gasteiger partial charge in [-0.2, -0.15) is 0 Å². The topological polar surface area (TPSA) is 29.5 Å². The third-order valence-electron chi connectivity index (χ3n) is 4.39. The number of nitrogens with zero attached hydrogens (tertiary/aromatic N) is 1. The molecule has 3 heteroatoms. The number of amides is 1. The van der Waals surface area contributed by atoms with Gasteiger partial charge in [0.15, 0.2) is 6.10 Å². The van der Waals surface area contributed by atoms with Gasteiger partial charge in [0.2, 0.25) is 0 Å². The molecular formula is C18H27NO2. The van der Waals surface area contributed by atoms with Crippen molar-refractivity contribution in [2.24, 2.45) is 0 Å². The summed E-state index contributed by atoms with van der Waals surface area (Å²) in [5.74, 6) is 1.45. The largest absolute Gasteiger partial charge is 0.481 e. The minimum atomic E-state index is -0.405. The van der Waals surface area contributed by atoms with E-state index in [1.165, 1.54) is 12.0 Å². The van der Waals surface area contributed by atoms with E-state index >= 15 is 0 Å². The van der Waals surface area contributed by atoms with Crippen LogP contribution in [0.4, 0.5) is 0 Å². The molecular weight excluding hydrogens is 262 g/mol. The van der Waals surface area contributed by atoms with Crippen LogP contribution in [0, 0.1) is 0 Å². The molecule has 1 heterocycles. The minimum absolute atomic E-state index is 0.112. The van der Waals surface area contributed by atoms with Crippen molar-refractivity contribution in [2.45, 2.75) is 58.5 Å². The van der Waals surface area contributed by atoms with E-state index in [0.717, 1.165) is 38.1 Å². The third kappa shape index (κ3) is 4.23. The molecule has 2 rings (SSSR count). The molecule has 0 radical (unpaired) electrons. The molecule has 0 saturated carbocycles. The van der Waals surface area contributed by atoms with E-state index in [-0.39, 0.29) is 5.91 Å². The van der Waals surface area contributed by atoms with Crippen molar-refractivity contribution >= 4 is 5.91 Å². The Kier molecular flexibility index (Phi) is 5.66. The summed E-state index contributed by atoms with van der Waals surface area (Å²) >= 11 is 0. The summed E-state index contributed by atoms with van der Waals surface area (Å²) in [6.07, 6.45) is 4.18. The maximum Gasteiger partial charge on any atom is 0.263 e. The number of hydrogen-bond acceptors (Lipinski definition) is 2. The summed E-state index contributed by atoms with van der Waals surface area (Å²) in [7, 11) is 0. The molecule has 21 heavy (non-hydrogen) atoms. The third-order valence-corrected chi connectivity index (χ3v) is 4.39. The Morgan fingerprint density at radius 1 is 1.14 bits per heavy atom. The summed E-state index contributed by atoms with van der Waals surface area (Å²) < 4.78 is 5.81. The van der Waals surface area contributed by atoms with E-state index in [4.69, 9.17) is 4.74 Å². The zero-order valence-corrected chi connectivity index (χ0v) is 13.5. The zero-order valence-electron chi connectivity index (χ0n) is 13.5. The zero-order chi connectivity index (χ0) is 15.2. The second-order valence-corrected chi connectivity index (χ2v) is 6.02. The van der Waals surface area contributed by atoms with Crippen molar-refractivity contribution in [2.75, 3.05) is 13.1 Å². The van der Waals surface area contributed by atoms with E-state index in [1.54, 1.807) is 0 Å². The van der Waals surface area contributed by atoms with Gasteiger partial charge in [0, 0.05) is 13.1 Å². The second-order valence-electron chi connectivity index (χ2n) is 6.02. The van der Waals surface area contributed by atoms with Crippen LogP contribution < -0.4 is 4.74 Å². The number of carbonyl (C=O) groups is 1. The Morgan fingerprint density at radius 3 is 2.33 bits per heavy atom. The molecule has 1 aliphatic heterocycles. The lowest BCUT2D eigenvalue weighted by atomic mass is 9.99. The summed E-state index contributed by atoms with van der Waals surface area (Å²) in [5, 5.41) is 0. The average molecular weight is 289 g/mol. The minimum Gasteiger partial charge on any atom is -0.481 e. The van der Waals surface area contributed by atoms with Gasteiger partial charge < -0.3 is 9.64 Å². The van der Waals surface area contributed by atoms with Crippen LogP contribution in [-0.2, 0) is 4.79 Å². The van der Waals surface area contributed by atoms with Crippen LogP contribution in [0.15, 0.2) is 24.3 Å². The fourth-order valence-corrected chi connectivity index (χ4v) is 2.74. The number of hydrogen-bond donors (Lipinski definition) is 0. The van der Waals surface area contributed by atoms with Crippen molar-refractivity contribution in [3.63, 3.8) is 0 Å². The first kappa shape index (κ1) is 15.9. The number of carbonyl (C=O) groups excluding carboxylic acids is 1. The highest BCUT2D eigenvalue weighted by molar-refractivity contribution is 5.81. The van der Waals surface area contributed by atoms with Crippen molar-refractivity contribution in [1.29, 1.82) is 0 Å². The van der Waals surface area contributed by atoms with Crippen molar-refractivity contribution in [3.8, 4) is 5.75 Å². The van der Waals surface area contributed by atoms with Crippen LogP contribution in [0.5, 0.6) is 5.75 Å². The van der Waals surface area contributed by atoms with Crippen molar-refractivity contribution in [1.82, 2.24) is 4.90 Å². The molecule has 1 saturated heterocycles. The molecule has 1 amide bonds. The van der Waals surface area contributed by atoms with Crippen LogP contribution >= 0.6 is 0 Å². The number of benzene rings is 1. The van der Waals surface area contributed by atoms with Gasteiger partial charge in [-0.25, -0.2) is 0 Å². The normalized spacial score (nSPS) is 18.1. The lowest BCUT2D eigenvalue weighted by Gasteiger charge is -2.29. The molecule has 1 aromatic carbocycles. The first-order chi connectivity index (χ1) is 10.1. The fraction of sp³-hybridized carbons (Fsp3) is 0.611. The summed E-state index contributed by atoms with van der Waals surface area (Å²) in [4.78, 5) is 14.3. The number of rotatable bonds is 5. The molecule has 1 aliphatic rings. The quantitative estimate of drug-likeness (QED) is 0.820. The maximum atomic E-state index is 12.3. The Balaban J connectivity index is 1.92. The first-order valence-corrected chi connectivity index (χ1v) is 8.17. The van der Waals surface area contributed by atoms with Crippen LogP contribution in [0.25, 0.3) is 0 Å². The highest BCUT2D eigenvalue weighted by atomic mass is 16.5. The molecule has 0 spiro atoms. The van der Waals surface area contributed by atoms with Crippen molar-refractivity contribution < 1.29 is 9.53 Å². The number of likely N-dealkylation sites (tertiary alicyclic amines) is 1. The standard InChI is InChI=1S/C18H27NO2/c1-4-14(2)16-8-10-17(11-9-16)21-15(3)18(20)19-12-6-5-7-13-19/h8-11,14-15H,4-7,12-13H2,1-3H3. The highest BCUT2D eigenvalue weighted by Gasteiger charge is 2.23. The van der Waals surface area contributed by atoms with E-state index in [9.17, 15) is 4.79 Å². The maximum absolute atomic E-state index is 12.3. The number of ether oxygens (including phenoxy) is 1. The van der Waals surface area contributed by atoms with E-state index in [2.05, 4.69) is 26.0 Å². The van der Waals surface area contributed by atoms with Crippen LogP contribution in [-0.4, -0.2) is 30.0 Å². The molecule has 1 fully saturated rings. The second kappa shape index (κ2) is 7.48. The lowest BCUT2D eigenvalue weighted by molar-refractivity contribution is -0.138. The van der Waals surface area contributed by atoms with Gasteiger partial charge in [-0.1, -0.05) is 26.0 Å². The lowest BCUT2D eigenvalue weighted by Crippen LogP contribution is -2.43. The monoisotopic (exact) mass is 289 g/mol. The molecule has 0 N–H and O–H groups in total. The van der Waals surface area contributed by atoms with Gasteiger partial charge in [-0.15, -0.1) is 0 Å².